The van der Waals surface area contributed by atoms with Gasteiger partial charge in [0.15, 0.2) is 0 Å². The first kappa shape index (κ1) is 18.0. The standard InChI is InChI=1S/C20H25N3O4/c24-18(25)20(14-16-8-4-5-13-26-16)9-11-23(12-10-20)19-21-17(27-22-19)15-6-2-1-3-7-15/h1-3,6-7,16H,4-5,8-14H2,(H,24,25). The minimum atomic E-state index is -0.718. The van der Waals surface area contributed by atoms with E-state index in [1.54, 1.807) is 0 Å². The van der Waals surface area contributed by atoms with Crippen LogP contribution in [0, 0.1) is 5.41 Å². The molecule has 1 N–H and O–H groups in total. The Balaban J connectivity index is 1.42. The molecule has 1 unspecified atom stereocenters. The van der Waals surface area contributed by atoms with E-state index >= 15 is 0 Å². The van der Waals surface area contributed by atoms with Gasteiger partial charge in [0.2, 0.25) is 0 Å². The van der Waals surface area contributed by atoms with Crippen LogP contribution in [-0.4, -0.2) is 47.0 Å². The second kappa shape index (κ2) is 7.68. The molecule has 1 atom stereocenters. The van der Waals surface area contributed by atoms with Crippen molar-refractivity contribution in [2.45, 2.75) is 44.6 Å². The minimum absolute atomic E-state index is 0.0660. The smallest absolute Gasteiger partial charge is 0.309 e. The van der Waals surface area contributed by atoms with E-state index in [0.717, 1.165) is 31.4 Å². The quantitative estimate of drug-likeness (QED) is 0.862. The minimum Gasteiger partial charge on any atom is -0.481 e. The van der Waals surface area contributed by atoms with Crippen molar-refractivity contribution in [2.24, 2.45) is 5.41 Å². The summed E-state index contributed by atoms with van der Waals surface area (Å²) in [4.78, 5) is 18.6. The highest BCUT2D eigenvalue weighted by Gasteiger charge is 2.44. The van der Waals surface area contributed by atoms with Crippen molar-refractivity contribution >= 4 is 11.9 Å². The second-order valence-corrected chi connectivity index (χ2v) is 7.53. The van der Waals surface area contributed by atoms with Crippen LogP contribution in [0.1, 0.15) is 38.5 Å². The van der Waals surface area contributed by atoms with E-state index in [0.29, 0.717) is 44.2 Å². The number of rotatable bonds is 5. The lowest BCUT2D eigenvalue weighted by atomic mass is 9.73. The van der Waals surface area contributed by atoms with Gasteiger partial charge in [0.1, 0.15) is 0 Å². The lowest BCUT2D eigenvalue weighted by molar-refractivity contribution is -0.154. The highest BCUT2D eigenvalue weighted by atomic mass is 16.5. The van der Waals surface area contributed by atoms with Crippen LogP contribution in [0.2, 0.25) is 0 Å². The lowest BCUT2D eigenvalue weighted by Crippen LogP contribution is -2.47. The molecule has 1 aromatic heterocycles. The Morgan fingerprint density at radius 3 is 2.67 bits per heavy atom. The largest absolute Gasteiger partial charge is 0.481 e. The molecular formula is C20H25N3O4. The Morgan fingerprint density at radius 2 is 2.00 bits per heavy atom. The van der Waals surface area contributed by atoms with Crippen LogP contribution in [0.4, 0.5) is 5.95 Å². The molecular weight excluding hydrogens is 346 g/mol. The predicted molar refractivity (Wildman–Crippen MR) is 99.5 cm³/mol. The number of hydrogen-bond donors (Lipinski definition) is 1. The van der Waals surface area contributed by atoms with Gasteiger partial charge in [-0.1, -0.05) is 18.2 Å². The summed E-state index contributed by atoms with van der Waals surface area (Å²) in [6.45, 7) is 1.96. The van der Waals surface area contributed by atoms with Gasteiger partial charge in [-0.15, -0.1) is 0 Å². The highest BCUT2D eigenvalue weighted by Crippen LogP contribution is 2.39. The van der Waals surface area contributed by atoms with Crippen molar-refractivity contribution in [3.63, 3.8) is 0 Å². The fourth-order valence-corrected chi connectivity index (χ4v) is 4.09. The van der Waals surface area contributed by atoms with Crippen molar-refractivity contribution in [1.29, 1.82) is 0 Å². The monoisotopic (exact) mass is 371 g/mol. The normalized spacial score (nSPS) is 22.5. The van der Waals surface area contributed by atoms with E-state index in [-0.39, 0.29) is 6.10 Å². The molecule has 0 radical (unpaired) electrons. The Morgan fingerprint density at radius 1 is 1.22 bits per heavy atom. The zero-order valence-electron chi connectivity index (χ0n) is 15.3. The van der Waals surface area contributed by atoms with Gasteiger partial charge in [-0.25, -0.2) is 0 Å². The molecule has 2 fully saturated rings. The average molecular weight is 371 g/mol. The molecule has 0 spiro atoms. The molecule has 1 aromatic carbocycles. The van der Waals surface area contributed by atoms with Gasteiger partial charge in [0.05, 0.1) is 11.5 Å². The SMILES string of the molecule is O=C(O)C1(CC2CCCCO2)CCN(c2noc(-c3ccccc3)n2)CC1. The first-order chi connectivity index (χ1) is 13.2. The third kappa shape index (κ3) is 3.83. The molecule has 27 heavy (non-hydrogen) atoms. The molecule has 2 aliphatic rings. The second-order valence-electron chi connectivity index (χ2n) is 7.53. The number of carbonyl (C=O) groups is 1. The number of carboxylic acid groups (broad SMARTS) is 1. The average Bonchev–Trinajstić information content (AvgIpc) is 3.20. The Bertz CT molecular complexity index is 763. The zero-order chi connectivity index (χ0) is 18.7. The number of anilines is 1. The van der Waals surface area contributed by atoms with Gasteiger partial charge in [-0.05, 0) is 55.8 Å². The van der Waals surface area contributed by atoms with Gasteiger partial charge in [0, 0.05) is 25.3 Å². The van der Waals surface area contributed by atoms with E-state index in [1.807, 2.05) is 35.2 Å². The number of hydrogen-bond acceptors (Lipinski definition) is 6. The molecule has 4 rings (SSSR count). The van der Waals surface area contributed by atoms with E-state index < -0.39 is 11.4 Å². The van der Waals surface area contributed by atoms with Crippen LogP contribution < -0.4 is 4.90 Å². The van der Waals surface area contributed by atoms with Crippen molar-refractivity contribution in [3.8, 4) is 11.5 Å². The van der Waals surface area contributed by atoms with Crippen molar-refractivity contribution < 1.29 is 19.2 Å². The maximum absolute atomic E-state index is 12.1. The van der Waals surface area contributed by atoms with Crippen LogP contribution >= 0.6 is 0 Å². The first-order valence-electron chi connectivity index (χ1n) is 9.65. The Kier molecular flexibility index (Phi) is 5.11. The lowest BCUT2D eigenvalue weighted by Gasteiger charge is -2.40. The zero-order valence-corrected chi connectivity index (χ0v) is 15.3. The first-order valence-corrected chi connectivity index (χ1v) is 9.65. The number of ether oxygens (including phenoxy) is 1. The topological polar surface area (TPSA) is 88.7 Å². The van der Waals surface area contributed by atoms with E-state index in [1.165, 1.54) is 0 Å². The molecule has 2 aliphatic heterocycles. The molecule has 2 aromatic rings. The van der Waals surface area contributed by atoms with Crippen molar-refractivity contribution in [1.82, 2.24) is 10.1 Å². The molecule has 0 bridgehead atoms. The maximum Gasteiger partial charge on any atom is 0.309 e. The number of piperidine rings is 1. The molecule has 3 heterocycles. The number of nitrogens with zero attached hydrogens (tertiary/aromatic N) is 3. The summed E-state index contributed by atoms with van der Waals surface area (Å²) in [5, 5.41) is 14.0. The maximum atomic E-state index is 12.1. The van der Waals surface area contributed by atoms with E-state index in [4.69, 9.17) is 9.26 Å². The number of aliphatic carboxylic acids is 1. The van der Waals surface area contributed by atoms with Crippen LogP contribution in [0.25, 0.3) is 11.5 Å². The highest BCUT2D eigenvalue weighted by molar-refractivity contribution is 5.75. The van der Waals surface area contributed by atoms with Crippen molar-refractivity contribution in [3.05, 3.63) is 30.3 Å². The summed E-state index contributed by atoms with van der Waals surface area (Å²) in [6, 6.07) is 9.64. The van der Waals surface area contributed by atoms with Crippen LogP contribution in [0.3, 0.4) is 0 Å². The third-order valence-electron chi connectivity index (χ3n) is 5.79. The molecule has 2 saturated heterocycles. The van der Waals surface area contributed by atoms with Crippen LogP contribution in [0.15, 0.2) is 34.9 Å². The van der Waals surface area contributed by atoms with Gasteiger partial charge in [-0.2, -0.15) is 4.98 Å². The molecule has 0 amide bonds. The third-order valence-corrected chi connectivity index (χ3v) is 5.79. The van der Waals surface area contributed by atoms with Crippen molar-refractivity contribution in [2.75, 3.05) is 24.6 Å². The summed E-state index contributed by atoms with van der Waals surface area (Å²) in [5.41, 5.74) is 0.160. The number of benzene rings is 1. The van der Waals surface area contributed by atoms with E-state index in [9.17, 15) is 9.90 Å². The summed E-state index contributed by atoms with van der Waals surface area (Å²) < 4.78 is 11.2. The van der Waals surface area contributed by atoms with Crippen LogP contribution in [-0.2, 0) is 9.53 Å². The van der Waals surface area contributed by atoms with Crippen LogP contribution in [0.5, 0.6) is 0 Å². The fourth-order valence-electron chi connectivity index (χ4n) is 4.09. The van der Waals surface area contributed by atoms with Gasteiger partial charge in [0.25, 0.3) is 11.8 Å². The molecule has 0 saturated carbocycles. The molecule has 144 valence electrons. The summed E-state index contributed by atoms with van der Waals surface area (Å²) in [5.74, 6) is 0.299. The van der Waals surface area contributed by atoms with Gasteiger partial charge < -0.3 is 19.3 Å². The Labute approximate surface area is 158 Å². The molecule has 0 aliphatic carbocycles. The predicted octanol–water partition coefficient (Wildman–Crippen LogP) is 3.37. The number of carboxylic acids is 1. The van der Waals surface area contributed by atoms with Gasteiger partial charge >= 0.3 is 5.97 Å². The molecule has 7 heteroatoms. The summed E-state index contributed by atoms with van der Waals surface area (Å²) >= 11 is 0. The fraction of sp³-hybridized carbons (Fsp3) is 0.550. The summed E-state index contributed by atoms with van der Waals surface area (Å²) in [6.07, 6.45) is 4.95. The Hall–Kier alpha value is -2.41. The van der Waals surface area contributed by atoms with Gasteiger partial charge in [-0.3, -0.25) is 4.79 Å². The molecule has 7 nitrogen and oxygen atoms in total. The number of aromatic nitrogens is 2. The van der Waals surface area contributed by atoms with E-state index in [2.05, 4.69) is 10.1 Å². The summed E-state index contributed by atoms with van der Waals surface area (Å²) in [7, 11) is 0.